The molecule has 27 heavy (non-hydrogen) atoms. The molecule has 2 aromatic carbocycles. The Balaban J connectivity index is 1.55. The van der Waals surface area contributed by atoms with Crippen LogP contribution in [0.5, 0.6) is 5.75 Å². The van der Waals surface area contributed by atoms with E-state index in [2.05, 4.69) is 45.9 Å². The first kappa shape index (κ1) is 19.4. The number of carbonyl (C=O) groups excluding carboxylic acids is 1. The molecule has 0 saturated carbocycles. The molecule has 0 bridgehead atoms. The SMILES string of the molecule is COc1ccc2cc(CN(C)[C@@H](C)C(=O)NCCc3cccs3)ccc2c1. The fraction of sp³-hybridized carbons (Fsp3) is 0.318. The molecule has 0 aliphatic carbocycles. The molecule has 0 radical (unpaired) electrons. The summed E-state index contributed by atoms with van der Waals surface area (Å²) in [5, 5.41) is 7.43. The molecule has 4 nitrogen and oxygen atoms in total. The summed E-state index contributed by atoms with van der Waals surface area (Å²) in [5.41, 5.74) is 1.19. The topological polar surface area (TPSA) is 41.6 Å². The third-order valence-electron chi connectivity index (χ3n) is 4.84. The monoisotopic (exact) mass is 382 g/mol. The van der Waals surface area contributed by atoms with Gasteiger partial charge in [0, 0.05) is 18.0 Å². The second kappa shape index (κ2) is 9.02. The van der Waals surface area contributed by atoms with Crippen LogP contribution in [-0.4, -0.2) is 37.6 Å². The molecule has 0 saturated heterocycles. The van der Waals surface area contributed by atoms with Gasteiger partial charge in [0.2, 0.25) is 5.91 Å². The summed E-state index contributed by atoms with van der Waals surface area (Å²) in [7, 11) is 3.67. The molecule has 1 amide bonds. The van der Waals surface area contributed by atoms with Gasteiger partial charge in [-0.3, -0.25) is 9.69 Å². The van der Waals surface area contributed by atoms with E-state index in [0.717, 1.165) is 24.1 Å². The van der Waals surface area contributed by atoms with Crippen LogP contribution < -0.4 is 10.1 Å². The molecule has 0 aliphatic rings. The number of benzene rings is 2. The van der Waals surface area contributed by atoms with Gasteiger partial charge in [0.05, 0.1) is 13.2 Å². The van der Waals surface area contributed by atoms with E-state index in [1.165, 1.54) is 15.8 Å². The lowest BCUT2D eigenvalue weighted by Crippen LogP contribution is -2.43. The lowest BCUT2D eigenvalue weighted by atomic mass is 10.1. The highest BCUT2D eigenvalue weighted by atomic mass is 32.1. The van der Waals surface area contributed by atoms with Crippen molar-refractivity contribution in [3.63, 3.8) is 0 Å². The number of likely N-dealkylation sites (N-methyl/N-ethyl adjacent to an activating group) is 1. The van der Waals surface area contributed by atoms with Gasteiger partial charge < -0.3 is 10.1 Å². The number of nitrogens with one attached hydrogen (secondary N) is 1. The van der Waals surface area contributed by atoms with Crippen LogP contribution in [0.15, 0.2) is 53.9 Å². The molecule has 1 heterocycles. The zero-order valence-electron chi connectivity index (χ0n) is 16.1. The molecule has 0 aliphatic heterocycles. The summed E-state index contributed by atoms with van der Waals surface area (Å²) in [6.45, 7) is 3.35. The van der Waals surface area contributed by atoms with Crippen molar-refractivity contribution in [2.24, 2.45) is 0 Å². The molecule has 5 heteroatoms. The van der Waals surface area contributed by atoms with Crippen molar-refractivity contribution in [2.75, 3.05) is 20.7 Å². The maximum atomic E-state index is 12.4. The number of nitrogens with zero attached hydrogens (tertiary/aromatic N) is 1. The number of thiophene rings is 1. The normalized spacial score (nSPS) is 12.3. The molecular weight excluding hydrogens is 356 g/mol. The number of methoxy groups -OCH3 is 1. The van der Waals surface area contributed by atoms with Crippen LogP contribution >= 0.6 is 11.3 Å². The fourth-order valence-electron chi connectivity index (χ4n) is 3.04. The summed E-state index contributed by atoms with van der Waals surface area (Å²) in [4.78, 5) is 15.8. The van der Waals surface area contributed by atoms with Gasteiger partial charge in [0.25, 0.3) is 0 Å². The van der Waals surface area contributed by atoms with E-state index in [0.29, 0.717) is 6.54 Å². The number of rotatable bonds is 8. The summed E-state index contributed by atoms with van der Waals surface area (Å²) in [6, 6.07) is 16.4. The second-order valence-electron chi connectivity index (χ2n) is 6.76. The van der Waals surface area contributed by atoms with Crippen molar-refractivity contribution in [1.29, 1.82) is 0 Å². The van der Waals surface area contributed by atoms with E-state index in [4.69, 9.17) is 4.74 Å². The smallest absolute Gasteiger partial charge is 0.237 e. The summed E-state index contributed by atoms with van der Waals surface area (Å²) in [6.07, 6.45) is 0.883. The van der Waals surface area contributed by atoms with Gasteiger partial charge >= 0.3 is 0 Å². The number of ether oxygens (including phenoxy) is 1. The van der Waals surface area contributed by atoms with Gasteiger partial charge in [-0.15, -0.1) is 11.3 Å². The Bertz CT molecular complexity index is 892. The van der Waals surface area contributed by atoms with Crippen LogP contribution in [0.25, 0.3) is 10.8 Å². The van der Waals surface area contributed by atoms with Crippen molar-refractivity contribution in [2.45, 2.75) is 25.9 Å². The van der Waals surface area contributed by atoms with Crippen LogP contribution in [0, 0.1) is 0 Å². The van der Waals surface area contributed by atoms with Crippen LogP contribution in [0.3, 0.4) is 0 Å². The summed E-state index contributed by atoms with van der Waals surface area (Å²) in [5.74, 6) is 0.930. The van der Waals surface area contributed by atoms with E-state index in [-0.39, 0.29) is 11.9 Å². The number of carbonyl (C=O) groups is 1. The van der Waals surface area contributed by atoms with Crippen LogP contribution in [-0.2, 0) is 17.8 Å². The van der Waals surface area contributed by atoms with Gasteiger partial charge in [-0.05, 0) is 66.4 Å². The first-order valence-electron chi connectivity index (χ1n) is 9.14. The van der Waals surface area contributed by atoms with E-state index in [9.17, 15) is 4.79 Å². The predicted octanol–water partition coefficient (Wildman–Crippen LogP) is 4.09. The Hall–Kier alpha value is -2.37. The largest absolute Gasteiger partial charge is 0.497 e. The molecule has 3 aromatic rings. The third kappa shape index (κ3) is 5.08. The molecule has 1 aromatic heterocycles. The highest BCUT2D eigenvalue weighted by molar-refractivity contribution is 7.09. The first-order chi connectivity index (χ1) is 13.1. The van der Waals surface area contributed by atoms with Gasteiger partial charge in [-0.25, -0.2) is 0 Å². The van der Waals surface area contributed by atoms with Gasteiger partial charge in [-0.1, -0.05) is 24.3 Å². The number of fused-ring (bicyclic) bond motifs is 1. The predicted molar refractivity (Wildman–Crippen MR) is 112 cm³/mol. The quantitative estimate of drug-likeness (QED) is 0.638. The minimum absolute atomic E-state index is 0.0691. The highest BCUT2D eigenvalue weighted by Gasteiger charge is 2.17. The average Bonchev–Trinajstić information content (AvgIpc) is 3.20. The Morgan fingerprint density at radius 1 is 1.19 bits per heavy atom. The lowest BCUT2D eigenvalue weighted by molar-refractivity contribution is -0.125. The number of amides is 1. The minimum atomic E-state index is -0.181. The van der Waals surface area contributed by atoms with Crippen molar-refractivity contribution < 1.29 is 9.53 Å². The first-order valence-corrected chi connectivity index (χ1v) is 10.0. The van der Waals surface area contributed by atoms with Crippen molar-refractivity contribution in [3.05, 3.63) is 64.4 Å². The zero-order chi connectivity index (χ0) is 19.2. The van der Waals surface area contributed by atoms with Crippen molar-refractivity contribution in [3.8, 4) is 5.75 Å². The maximum absolute atomic E-state index is 12.4. The Kier molecular flexibility index (Phi) is 6.48. The minimum Gasteiger partial charge on any atom is -0.497 e. The molecule has 1 atom stereocenters. The summed E-state index contributed by atoms with van der Waals surface area (Å²) < 4.78 is 5.28. The van der Waals surface area contributed by atoms with Crippen LogP contribution in [0.2, 0.25) is 0 Å². The standard InChI is InChI=1S/C22H26N2O2S/c1-16(22(25)23-11-10-21-5-4-12-27-21)24(2)15-17-6-7-19-14-20(26-3)9-8-18(19)13-17/h4-9,12-14,16H,10-11,15H2,1-3H3,(H,23,25)/t16-/m0/s1. The van der Waals surface area contributed by atoms with Gasteiger partial charge in [0.15, 0.2) is 0 Å². The van der Waals surface area contributed by atoms with Gasteiger partial charge in [0.1, 0.15) is 5.75 Å². The second-order valence-corrected chi connectivity index (χ2v) is 7.79. The molecule has 3 rings (SSSR count). The Morgan fingerprint density at radius 2 is 1.96 bits per heavy atom. The Labute approximate surface area is 164 Å². The molecular formula is C22H26N2O2S. The molecule has 0 fully saturated rings. The maximum Gasteiger partial charge on any atom is 0.237 e. The number of hydrogen-bond acceptors (Lipinski definition) is 4. The number of hydrogen-bond donors (Lipinski definition) is 1. The molecule has 1 N–H and O–H groups in total. The van der Waals surface area contributed by atoms with Crippen LogP contribution in [0.4, 0.5) is 0 Å². The van der Waals surface area contributed by atoms with E-state index < -0.39 is 0 Å². The fourth-order valence-corrected chi connectivity index (χ4v) is 3.74. The average molecular weight is 383 g/mol. The van der Waals surface area contributed by atoms with E-state index in [1.807, 2.05) is 32.2 Å². The van der Waals surface area contributed by atoms with E-state index in [1.54, 1.807) is 18.4 Å². The Morgan fingerprint density at radius 3 is 2.70 bits per heavy atom. The summed E-state index contributed by atoms with van der Waals surface area (Å²) >= 11 is 1.72. The van der Waals surface area contributed by atoms with Crippen molar-refractivity contribution >= 4 is 28.0 Å². The van der Waals surface area contributed by atoms with E-state index >= 15 is 0 Å². The third-order valence-corrected chi connectivity index (χ3v) is 5.77. The lowest BCUT2D eigenvalue weighted by Gasteiger charge is -2.24. The highest BCUT2D eigenvalue weighted by Crippen LogP contribution is 2.22. The molecule has 0 spiro atoms. The van der Waals surface area contributed by atoms with Crippen LogP contribution in [0.1, 0.15) is 17.4 Å². The van der Waals surface area contributed by atoms with Gasteiger partial charge in [-0.2, -0.15) is 0 Å². The zero-order valence-corrected chi connectivity index (χ0v) is 16.9. The molecule has 142 valence electrons. The molecule has 0 unspecified atom stereocenters. The van der Waals surface area contributed by atoms with Crippen molar-refractivity contribution in [1.82, 2.24) is 10.2 Å².